The fourth-order valence-corrected chi connectivity index (χ4v) is 3.51. The molecule has 100 valence electrons. The molecule has 0 amide bonds. The van der Waals surface area contributed by atoms with Crippen molar-refractivity contribution in [2.45, 2.75) is 37.0 Å². The second-order valence-corrected chi connectivity index (χ2v) is 6.62. The zero-order valence-corrected chi connectivity index (χ0v) is 11.1. The van der Waals surface area contributed by atoms with Crippen LogP contribution >= 0.6 is 0 Å². The van der Waals surface area contributed by atoms with Crippen LogP contribution < -0.4 is 4.72 Å². The summed E-state index contributed by atoms with van der Waals surface area (Å²) in [6.07, 6.45) is 5.85. The van der Waals surface area contributed by atoms with Gasteiger partial charge in [-0.15, -0.1) is 0 Å². The van der Waals surface area contributed by atoms with Gasteiger partial charge in [0.05, 0.1) is 4.90 Å². The fourth-order valence-electron chi connectivity index (χ4n) is 2.35. The fraction of sp³-hybridized carbons (Fsp3) is 0.538. The highest BCUT2D eigenvalue weighted by Crippen LogP contribution is 2.23. The molecular weight excluding hydrogens is 250 g/mol. The van der Waals surface area contributed by atoms with Crippen molar-refractivity contribution in [3.05, 3.63) is 24.3 Å². The van der Waals surface area contributed by atoms with Crippen molar-refractivity contribution in [2.24, 2.45) is 5.92 Å². The highest BCUT2D eigenvalue weighted by atomic mass is 32.2. The molecule has 0 unspecified atom stereocenters. The van der Waals surface area contributed by atoms with Gasteiger partial charge in [-0.1, -0.05) is 25.3 Å². The molecule has 1 aromatic rings. The van der Waals surface area contributed by atoms with E-state index in [1.165, 1.54) is 43.5 Å². The molecule has 1 aliphatic carbocycles. The summed E-state index contributed by atoms with van der Waals surface area (Å²) in [6, 6.07) is 5.75. The molecule has 2 rings (SSSR count). The van der Waals surface area contributed by atoms with Gasteiger partial charge in [-0.05, 0) is 37.0 Å². The molecule has 0 heterocycles. The molecule has 1 fully saturated rings. The minimum Gasteiger partial charge on any atom is -0.508 e. The Labute approximate surface area is 108 Å². The van der Waals surface area contributed by atoms with E-state index in [9.17, 15) is 13.5 Å². The average molecular weight is 269 g/mol. The molecule has 1 aromatic carbocycles. The highest BCUT2D eigenvalue weighted by molar-refractivity contribution is 7.89. The zero-order chi connectivity index (χ0) is 13.0. The van der Waals surface area contributed by atoms with Gasteiger partial charge in [-0.2, -0.15) is 0 Å². The number of rotatable bonds is 4. The minimum atomic E-state index is -3.49. The largest absolute Gasteiger partial charge is 0.508 e. The van der Waals surface area contributed by atoms with Crippen molar-refractivity contribution < 1.29 is 13.5 Å². The van der Waals surface area contributed by atoms with Crippen molar-refractivity contribution in [1.29, 1.82) is 0 Å². The summed E-state index contributed by atoms with van der Waals surface area (Å²) >= 11 is 0. The van der Waals surface area contributed by atoms with Crippen LogP contribution in [0.1, 0.15) is 32.1 Å². The molecule has 0 radical (unpaired) electrons. The molecule has 18 heavy (non-hydrogen) atoms. The Morgan fingerprint density at radius 1 is 1.22 bits per heavy atom. The lowest BCUT2D eigenvalue weighted by molar-refractivity contribution is 0.357. The number of hydrogen-bond donors (Lipinski definition) is 2. The summed E-state index contributed by atoms with van der Waals surface area (Å²) in [5, 5.41) is 9.30. The Morgan fingerprint density at radius 2 is 1.94 bits per heavy atom. The lowest BCUT2D eigenvalue weighted by atomic mass is 9.90. The molecule has 5 heteroatoms. The third-order valence-electron chi connectivity index (χ3n) is 3.41. The number of aromatic hydroxyl groups is 1. The van der Waals surface area contributed by atoms with Gasteiger partial charge in [0, 0.05) is 6.54 Å². The number of sulfonamides is 1. The van der Waals surface area contributed by atoms with Crippen molar-refractivity contribution >= 4 is 10.0 Å². The lowest BCUT2D eigenvalue weighted by Gasteiger charge is -2.21. The molecule has 4 nitrogen and oxygen atoms in total. The molecule has 0 aromatic heterocycles. The van der Waals surface area contributed by atoms with Crippen LogP contribution in [0.4, 0.5) is 0 Å². The van der Waals surface area contributed by atoms with Gasteiger partial charge < -0.3 is 5.11 Å². The molecule has 0 spiro atoms. The van der Waals surface area contributed by atoms with E-state index in [0.717, 1.165) is 12.8 Å². The van der Waals surface area contributed by atoms with Crippen LogP contribution in [0, 0.1) is 5.92 Å². The van der Waals surface area contributed by atoms with E-state index in [2.05, 4.69) is 4.72 Å². The maximum Gasteiger partial charge on any atom is 0.240 e. The first-order chi connectivity index (χ1) is 8.58. The molecule has 0 saturated heterocycles. The normalized spacial score (nSPS) is 17.8. The average Bonchev–Trinajstić information content (AvgIpc) is 2.38. The van der Waals surface area contributed by atoms with E-state index in [0.29, 0.717) is 12.5 Å². The molecule has 0 atom stereocenters. The molecule has 1 aliphatic rings. The van der Waals surface area contributed by atoms with E-state index < -0.39 is 10.0 Å². The van der Waals surface area contributed by atoms with Gasteiger partial charge in [0.1, 0.15) is 5.75 Å². The lowest BCUT2D eigenvalue weighted by Crippen LogP contribution is -2.30. The summed E-state index contributed by atoms with van der Waals surface area (Å²) in [6.45, 7) is 0.498. The van der Waals surface area contributed by atoms with Crippen LogP contribution in [-0.2, 0) is 10.0 Å². The number of nitrogens with one attached hydrogen (secondary N) is 1. The number of hydrogen-bond acceptors (Lipinski definition) is 3. The summed E-state index contributed by atoms with van der Waals surface area (Å²) in [5.74, 6) is 0.418. The summed E-state index contributed by atoms with van der Waals surface area (Å²) in [7, 11) is -3.49. The van der Waals surface area contributed by atoms with E-state index in [1.54, 1.807) is 0 Å². The predicted octanol–water partition coefficient (Wildman–Crippen LogP) is 2.25. The van der Waals surface area contributed by atoms with E-state index in [1.807, 2.05) is 0 Å². The molecule has 2 N–H and O–H groups in total. The van der Waals surface area contributed by atoms with Gasteiger partial charge in [0.25, 0.3) is 0 Å². The Kier molecular flexibility index (Phi) is 4.24. The van der Waals surface area contributed by atoms with Crippen LogP contribution in [0.3, 0.4) is 0 Å². The molecule has 1 saturated carbocycles. The SMILES string of the molecule is O=S(=O)(NCC1CCCCC1)c1cccc(O)c1. The van der Waals surface area contributed by atoms with Crippen molar-refractivity contribution in [2.75, 3.05) is 6.54 Å². The molecule has 0 bridgehead atoms. The smallest absolute Gasteiger partial charge is 0.240 e. The predicted molar refractivity (Wildman–Crippen MR) is 69.9 cm³/mol. The summed E-state index contributed by atoms with van der Waals surface area (Å²) < 4.78 is 26.6. The third kappa shape index (κ3) is 3.46. The molecule has 0 aliphatic heterocycles. The maximum atomic E-state index is 12.0. The first kappa shape index (κ1) is 13.4. The quantitative estimate of drug-likeness (QED) is 0.881. The minimum absolute atomic E-state index is 0.0319. The van der Waals surface area contributed by atoms with Gasteiger partial charge >= 0.3 is 0 Å². The molecular formula is C13H19NO3S. The first-order valence-corrected chi connectivity index (χ1v) is 7.85. The van der Waals surface area contributed by atoms with Gasteiger partial charge in [0.2, 0.25) is 10.0 Å². The van der Waals surface area contributed by atoms with Gasteiger partial charge in [-0.25, -0.2) is 13.1 Å². The number of phenols is 1. The Balaban J connectivity index is 1.98. The first-order valence-electron chi connectivity index (χ1n) is 6.36. The Morgan fingerprint density at radius 3 is 2.61 bits per heavy atom. The number of benzene rings is 1. The topological polar surface area (TPSA) is 66.4 Å². The van der Waals surface area contributed by atoms with Crippen molar-refractivity contribution in [1.82, 2.24) is 4.72 Å². The standard InChI is InChI=1S/C13H19NO3S/c15-12-7-4-8-13(9-12)18(16,17)14-10-11-5-2-1-3-6-11/h4,7-9,11,14-15H,1-3,5-6,10H2. The Bertz CT molecular complexity index is 493. The second-order valence-electron chi connectivity index (χ2n) is 4.85. The van der Waals surface area contributed by atoms with Crippen LogP contribution in [0.5, 0.6) is 5.75 Å². The highest BCUT2D eigenvalue weighted by Gasteiger charge is 2.18. The van der Waals surface area contributed by atoms with E-state index in [-0.39, 0.29) is 10.6 Å². The maximum absolute atomic E-state index is 12.0. The number of phenolic OH excluding ortho intramolecular Hbond substituents is 1. The van der Waals surface area contributed by atoms with Crippen LogP contribution in [0.2, 0.25) is 0 Å². The van der Waals surface area contributed by atoms with Crippen molar-refractivity contribution in [3.8, 4) is 5.75 Å². The van der Waals surface area contributed by atoms with E-state index >= 15 is 0 Å². The summed E-state index contributed by atoms with van der Waals surface area (Å²) in [4.78, 5) is 0.123. The van der Waals surface area contributed by atoms with Crippen LogP contribution in [-0.4, -0.2) is 20.1 Å². The third-order valence-corrected chi connectivity index (χ3v) is 4.84. The monoisotopic (exact) mass is 269 g/mol. The van der Waals surface area contributed by atoms with Gasteiger partial charge in [0.15, 0.2) is 0 Å². The van der Waals surface area contributed by atoms with Crippen LogP contribution in [0.25, 0.3) is 0 Å². The zero-order valence-electron chi connectivity index (χ0n) is 10.3. The Hall–Kier alpha value is -1.07. The van der Waals surface area contributed by atoms with Crippen molar-refractivity contribution in [3.63, 3.8) is 0 Å². The van der Waals surface area contributed by atoms with Gasteiger partial charge in [-0.3, -0.25) is 0 Å². The summed E-state index contributed by atoms with van der Waals surface area (Å²) in [5.41, 5.74) is 0. The van der Waals surface area contributed by atoms with E-state index in [4.69, 9.17) is 0 Å². The van der Waals surface area contributed by atoms with Crippen LogP contribution in [0.15, 0.2) is 29.2 Å². The second kappa shape index (κ2) is 5.71.